The van der Waals surface area contributed by atoms with Crippen LogP contribution < -0.4 is 10.3 Å². The highest BCUT2D eigenvalue weighted by molar-refractivity contribution is 7.90. The van der Waals surface area contributed by atoms with Gasteiger partial charge in [0, 0.05) is 18.9 Å². The second kappa shape index (κ2) is 7.89. The predicted octanol–water partition coefficient (Wildman–Crippen LogP) is 2.65. The lowest BCUT2D eigenvalue weighted by Crippen LogP contribution is -2.44. The standard InChI is InChI=1S/C19H22N4O4S/c1-14(2)9-12-23(22-10-5-6-11-22)19(25)15(13-24)18-20-16-7-3-4-8-17(16)28(26,27)21-18/h3-8,10-11,13-14,24H,9,12H2,1-2H3,(H,20,21)/b15-13+. The van der Waals surface area contributed by atoms with Gasteiger partial charge in [-0.3, -0.25) is 9.47 Å². The molecule has 148 valence electrons. The molecule has 0 unspecified atom stereocenters. The van der Waals surface area contributed by atoms with Gasteiger partial charge in [0.1, 0.15) is 10.5 Å². The summed E-state index contributed by atoms with van der Waals surface area (Å²) in [5, 5.41) is 14.0. The van der Waals surface area contributed by atoms with E-state index in [1.165, 1.54) is 11.1 Å². The Morgan fingerprint density at radius 1 is 1.25 bits per heavy atom. The monoisotopic (exact) mass is 402 g/mol. The average Bonchev–Trinajstić information content (AvgIpc) is 3.16. The van der Waals surface area contributed by atoms with Crippen LogP contribution in [0.15, 0.2) is 69.9 Å². The summed E-state index contributed by atoms with van der Waals surface area (Å²) in [6, 6.07) is 9.81. The van der Waals surface area contributed by atoms with Crippen molar-refractivity contribution >= 4 is 27.5 Å². The van der Waals surface area contributed by atoms with Crippen molar-refractivity contribution in [2.24, 2.45) is 10.3 Å². The number of para-hydroxylation sites is 1. The molecule has 0 aliphatic carbocycles. The molecule has 8 nitrogen and oxygen atoms in total. The van der Waals surface area contributed by atoms with Crippen molar-refractivity contribution in [3.8, 4) is 0 Å². The molecule has 1 aliphatic rings. The van der Waals surface area contributed by atoms with Gasteiger partial charge in [-0.25, -0.2) is 5.01 Å². The number of aromatic nitrogens is 1. The number of benzene rings is 1. The molecule has 1 aromatic heterocycles. The molecule has 9 heteroatoms. The third-order valence-electron chi connectivity index (χ3n) is 4.26. The second-order valence-corrected chi connectivity index (χ2v) is 8.33. The maximum absolute atomic E-state index is 13.2. The normalized spacial score (nSPS) is 15.5. The Labute approximate surface area is 163 Å². The van der Waals surface area contributed by atoms with Crippen molar-refractivity contribution in [3.05, 3.63) is 60.6 Å². The summed E-state index contributed by atoms with van der Waals surface area (Å²) in [7, 11) is -3.99. The van der Waals surface area contributed by atoms with Crippen LogP contribution in [0.25, 0.3) is 0 Å². The van der Waals surface area contributed by atoms with E-state index in [9.17, 15) is 18.3 Å². The van der Waals surface area contributed by atoms with Gasteiger partial charge in [-0.1, -0.05) is 26.0 Å². The SMILES string of the molecule is CC(C)CCN(C(=O)/C(=C/O)C1=NS(=O)(=O)c2ccccc2N1)n1cccc1. The topological polar surface area (TPSA) is 104 Å². The minimum Gasteiger partial charge on any atom is -0.515 e. The van der Waals surface area contributed by atoms with Crippen LogP contribution >= 0.6 is 0 Å². The predicted molar refractivity (Wildman–Crippen MR) is 107 cm³/mol. The lowest BCUT2D eigenvalue weighted by molar-refractivity contribution is -0.116. The van der Waals surface area contributed by atoms with Crippen LogP contribution in [0.5, 0.6) is 0 Å². The van der Waals surface area contributed by atoms with Crippen LogP contribution in [-0.2, 0) is 14.8 Å². The zero-order chi connectivity index (χ0) is 20.3. The molecule has 2 heterocycles. The smallest absolute Gasteiger partial charge is 0.286 e. The number of rotatable bonds is 6. The highest BCUT2D eigenvalue weighted by Gasteiger charge is 2.31. The molecule has 1 amide bonds. The van der Waals surface area contributed by atoms with Gasteiger partial charge < -0.3 is 10.4 Å². The summed E-state index contributed by atoms with van der Waals surface area (Å²) in [6.07, 6.45) is 4.72. The minimum atomic E-state index is -3.99. The van der Waals surface area contributed by atoms with E-state index in [4.69, 9.17) is 0 Å². The third kappa shape index (κ3) is 3.94. The Hall–Kier alpha value is -3.07. The zero-order valence-corrected chi connectivity index (χ0v) is 16.4. The molecule has 0 radical (unpaired) electrons. The lowest BCUT2D eigenvalue weighted by atomic mass is 10.1. The number of aliphatic hydroxyl groups excluding tert-OH is 1. The highest BCUT2D eigenvalue weighted by atomic mass is 32.2. The Morgan fingerprint density at radius 3 is 2.57 bits per heavy atom. The van der Waals surface area contributed by atoms with Crippen LogP contribution in [0.3, 0.4) is 0 Å². The van der Waals surface area contributed by atoms with E-state index < -0.39 is 15.9 Å². The molecule has 0 saturated carbocycles. The van der Waals surface area contributed by atoms with Gasteiger partial charge in [0.15, 0.2) is 5.84 Å². The number of hydrogen-bond donors (Lipinski definition) is 2. The number of hydrogen-bond acceptors (Lipinski definition) is 5. The summed E-state index contributed by atoms with van der Waals surface area (Å²) in [5.41, 5.74) is 0.0601. The lowest BCUT2D eigenvalue weighted by Gasteiger charge is -2.27. The van der Waals surface area contributed by atoms with E-state index in [0.717, 1.165) is 6.42 Å². The molecule has 0 spiro atoms. The van der Waals surface area contributed by atoms with Gasteiger partial charge in [-0.15, -0.1) is 4.40 Å². The second-order valence-electron chi connectivity index (χ2n) is 6.75. The average molecular weight is 402 g/mol. The number of nitrogens with one attached hydrogen (secondary N) is 1. The Morgan fingerprint density at radius 2 is 1.93 bits per heavy atom. The van der Waals surface area contributed by atoms with Crippen molar-refractivity contribution < 1.29 is 18.3 Å². The molecule has 1 aliphatic heterocycles. The fourth-order valence-electron chi connectivity index (χ4n) is 2.78. The van der Waals surface area contributed by atoms with Crippen LogP contribution in [0.1, 0.15) is 20.3 Å². The molecule has 0 saturated heterocycles. The largest absolute Gasteiger partial charge is 0.515 e. The summed E-state index contributed by atoms with van der Waals surface area (Å²) >= 11 is 0. The molecule has 28 heavy (non-hydrogen) atoms. The molecule has 2 aromatic rings. The highest BCUT2D eigenvalue weighted by Crippen LogP contribution is 2.28. The number of carbonyl (C=O) groups is 1. The molecular weight excluding hydrogens is 380 g/mol. The summed E-state index contributed by atoms with van der Waals surface area (Å²) in [4.78, 5) is 13.2. The van der Waals surface area contributed by atoms with Gasteiger partial charge in [-0.2, -0.15) is 8.42 Å². The fourth-order valence-corrected chi connectivity index (χ4v) is 3.91. The van der Waals surface area contributed by atoms with E-state index in [1.807, 2.05) is 13.8 Å². The van der Waals surface area contributed by atoms with Gasteiger partial charge in [0.2, 0.25) is 0 Å². The first-order chi connectivity index (χ1) is 13.3. The molecule has 2 N–H and O–H groups in total. The van der Waals surface area contributed by atoms with Crippen molar-refractivity contribution in [1.82, 2.24) is 4.68 Å². The van der Waals surface area contributed by atoms with E-state index >= 15 is 0 Å². The number of fused-ring (bicyclic) bond motifs is 1. The quantitative estimate of drug-likeness (QED) is 0.571. The number of anilines is 1. The van der Waals surface area contributed by atoms with Crippen LogP contribution in [0, 0.1) is 5.92 Å². The van der Waals surface area contributed by atoms with Crippen molar-refractivity contribution in [2.75, 3.05) is 16.9 Å². The Bertz CT molecular complexity index is 1020. The van der Waals surface area contributed by atoms with Crippen LogP contribution in [-0.4, -0.2) is 36.5 Å². The summed E-state index contributed by atoms with van der Waals surface area (Å²) in [6.45, 7) is 4.47. The molecule has 3 rings (SSSR count). The van der Waals surface area contributed by atoms with Crippen LogP contribution in [0.2, 0.25) is 0 Å². The van der Waals surface area contributed by atoms with Crippen LogP contribution in [0.4, 0.5) is 5.69 Å². The maximum atomic E-state index is 13.2. The van der Waals surface area contributed by atoms with E-state index in [0.29, 0.717) is 24.4 Å². The first kappa shape index (κ1) is 19.7. The third-order valence-corrected chi connectivity index (χ3v) is 5.60. The first-order valence-electron chi connectivity index (χ1n) is 8.84. The number of amidine groups is 1. The number of amides is 1. The molecule has 1 aromatic carbocycles. The molecule has 0 bridgehead atoms. The van der Waals surface area contributed by atoms with E-state index in [-0.39, 0.29) is 16.3 Å². The van der Waals surface area contributed by atoms with Gasteiger partial charge in [-0.05, 0) is 36.6 Å². The Balaban J connectivity index is 1.96. The minimum absolute atomic E-state index is 0.0190. The van der Waals surface area contributed by atoms with Crippen molar-refractivity contribution in [2.45, 2.75) is 25.2 Å². The maximum Gasteiger partial charge on any atom is 0.286 e. The number of carbonyl (C=O) groups excluding carboxylic acids is 1. The van der Waals surface area contributed by atoms with Crippen molar-refractivity contribution in [3.63, 3.8) is 0 Å². The molecule has 0 atom stereocenters. The van der Waals surface area contributed by atoms with E-state index in [2.05, 4.69) is 9.71 Å². The van der Waals surface area contributed by atoms with Gasteiger partial charge in [0.05, 0.1) is 11.9 Å². The molecule has 0 fully saturated rings. The van der Waals surface area contributed by atoms with Crippen molar-refractivity contribution in [1.29, 1.82) is 0 Å². The number of sulfonamides is 1. The van der Waals surface area contributed by atoms with Gasteiger partial charge in [0.25, 0.3) is 15.9 Å². The zero-order valence-electron chi connectivity index (χ0n) is 15.6. The molecular formula is C19H22N4O4S. The summed E-state index contributed by atoms with van der Waals surface area (Å²) in [5.74, 6) is -0.432. The number of nitrogens with zero attached hydrogens (tertiary/aromatic N) is 3. The number of aliphatic hydroxyl groups is 1. The summed E-state index contributed by atoms with van der Waals surface area (Å²) < 4.78 is 30.2. The fraction of sp³-hybridized carbons (Fsp3) is 0.263. The Kier molecular flexibility index (Phi) is 5.55. The first-order valence-corrected chi connectivity index (χ1v) is 10.3. The van der Waals surface area contributed by atoms with E-state index in [1.54, 1.807) is 47.4 Å². The van der Waals surface area contributed by atoms with Gasteiger partial charge >= 0.3 is 0 Å².